The first-order valence-corrected chi connectivity index (χ1v) is 14.1. The summed E-state index contributed by atoms with van der Waals surface area (Å²) in [7, 11) is 1.57. The van der Waals surface area contributed by atoms with E-state index in [1.165, 1.54) is 4.90 Å². The van der Waals surface area contributed by atoms with Crippen molar-refractivity contribution in [3.63, 3.8) is 0 Å². The highest BCUT2D eigenvalue weighted by Gasteiger charge is 2.35. The molecular formula is C29H21BrINO4S. The average Bonchev–Trinajstić information content (AvgIpc) is 3.16. The van der Waals surface area contributed by atoms with Gasteiger partial charge in [0.05, 0.1) is 23.0 Å². The van der Waals surface area contributed by atoms with Gasteiger partial charge in [-0.25, -0.2) is 0 Å². The molecule has 1 aliphatic rings. The van der Waals surface area contributed by atoms with E-state index in [9.17, 15) is 9.59 Å². The number of benzene rings is 4. The summed E-state index contributed by atoms with van der Waals surface area (Å²) in [6.07, 6.45) is 1.71. The number of nitrogens with zero attached hydrogens (tertiary/aromatic N) is 1. The Morgan fingerprint density at radius 1 is 1.00 bits per heavy atom. The van der Waals surface area contributed by atoms with Crippen LogP contribution in [0.1, 0.15) is 16.7 Å². The average molecular weight is 686 g/mol. The lowest BCUT2D eigenvalue weighted by molar-refractivity contribution is -0.123. The lowest BCUT2D eigenvalue weighted by Gasteiger charge is -2.15. The van der Waals surface area contributed by atoms with E-state index in [0.717, 1.165) is 42.8 Å². The van der Waals surface area contributed by atoms with E-state index in [4.69, 9.17) is 9.47 Å². The first-order chi connectivity index (χ1) is 17.9. The molecule has 1 heterocycles. The van der Waals surface area contributed by atoms with Crippen LogP contribution in [-0.4, -0.2) is 23.2 Å². The number of carbonyl (C=O) groups is 2. The van der Waals surface area contributed by atoms with Gasteiger partial charge in [-0.2, -0.15) is 0 Å². The van der Waals surface area contributed by atoms with Crippen molar-refractivity contribution < 1.29 is 19.1 Å². The number of amides is 2. The van der Waals surface area contributed by atoms with Gasteiger partial charge in [0.15, 0.2) is 11.5 Å². The number of thioether (sulfide) groups is 1. The maximum atomic E-state index is 13.0. The van der Waals surface area contributed by atoms with Crippen LogP contribution in [0.3, 0.4) is 0 Å². The van der Waals surface area contributed by atoms with E-state index < -0.39 is 0 Å². The molecule has 1 saturated heterocycles. The van der Waals surface area contributed by atoms with Crippen LogP contribution < -0.4 is 9.47 Å². The summed E-state index contributed by atoms with van der Waals surface area (Å²) in [4.78, 5) is 27.2. The Hall–Kier alpha value is -2.82. The Labute approximate surface area is 241 Å². The second-order valence-electron chi connectivity index (χ2n) is 8.36. The fourth-order valence-corrected chi connectivity index (χ4v) is 5.86. The Balaban J connectivity index is 1.36. The Morgan fingerprint density at radius 2 is 1.76 bits per heavy atom. The highest BCUT2D eigenvalue weighted by atomic mass is 127. The Kier molecular flexibility index (Phi) is 7.87. The molecule has 1 aliphatic heterocycles. The number of halogens is 2. The lowest BCUT2D eigenvalue weighted by atomic mass is 10.1. The van der Waals surface area contributed by atoms with Crippen molar-refractivity contribution >= 4 is 78.3 Å². The maximum Gasteiger partial charge on any atom is 0.293 e. The third-order valence-electron chi connectivity index (χ3n) is 5.93. The molecule has 0 radical (unpaired) electrons. The van der Waals surface area contributed by atoms with E-state index in [1.54, 1.807) is 19.3 Å². The molecule has 4 aromatic carbocycles. The fourth-order valence-electron chi connectivity index (χ4n) is 4.09. The van der Waals surface area contributed by atoms with Gasteiger partial charge in [-0.15, -0.1) is 0 Å². The lowest BCUT2D eigenvalue weighted by Crippen LogP contribution is -2.27. The minimum atomic E-state index is -0.306. The minimum Gasteiger partial charge on any atom is -0.493 e. The fraction of sp³-hybridized carbons (Fsp3) is 0.103. The zero-order valence-electron chi connectivity index (χ0n) is 19.7. The van der Waals surface area contributed by atoms with Gasteiger partial charge >= 0.3 is 0 Å². The zero-order chi connectivity index (χ0) is 25.9. The van der Waals surface area contributed by atoms with E-state index in [0.29, 0.717) is 27.5 Å². The zero-order valence-corrected chi connectivity index (χ0v) is 24.3. The second-order valence-corrected chi connectivity index (χ2v) is 11.4. The molecule has 5 nitrogen and oxygen atoms in total. The first-order valence-electron chi connectivity index (χ1n) is 11.4. The maximum absolute atomic E-state index is 13.0. The molecule has 1 fully saturated rings. The molecule has 0 aromatic heterocycles. The number of methoxy groups -OCH3 is 1. The predicted molar refractivity (Wildman–Crippen MR) is 160 cm³/mol. The molecule has 0 N–H and O–H groups in total. The van der Waals surface area contributed by atoms with E-state index in [2.05, 4.69) is 56.7 Å². The molecule has 0 saturated carbocycles. The van der Waals surface area contributed by atoms with Gasteiger partial charge in [-0.05, 0) is 108 Å². The van der Waals surface area contributed by atoms with Gasteiger partial charge in [0, 0.05) is 3.57 Å². The summed E-state index contributed by atoms with van der Waals surface area (Å²) >= 11 is 6.76. The van der Waals surface area contributed by atoms with Crippen molar-refractivity contribution in [2.45, 2.75) is 13.2 Å². The molecule has 4 aromatic rings. The van der Waals surface area contributed by atoms with Crippen LogP contribution in [-0.2, 0) is 17.9 Å². The second kappa shape index (κ2) is 11.3. The molecular weight excluding hydrogens is 665 g/mol. The third-order valence-corrected chi connectivity index (χ3v) is 8.14. The highest BCUT2D eigenvalue weighted by Crippen LogP contribution is 2.40. The van der Waals surface area contributed by atoms with Crippen molar-refractivity contribution in [1.29, 1.82) is 0 Å². The van der Waals surface area contributed by atoms with E-state index in [-0.39, 0.29) is 17.7 Å². The van der Waals surface area contributed by atoms with Crippen molar-refractivity contribution in [3.8, 4) is 11.5 Å². The van der Waals surface area contributed by atoms with Gasteiger partial charge in [0.2, 0.25) is 0 Å². The molecule has 0 unspecified atom stereocenters. The topological polar surface area (TPSA) is 55.8 Å². The molecule has 0 atom stereocenters. The van der Waals surface area contributed by atoms with Crippen LogP contribution in [0.5, 0.6) is 11.5 Å². The SMILES string of the molecule is COc1cc(/C=C2/SC(=O)N(Cc3ccc(I)cc3)C2=O)cc(Br)c1OCc1cccc2ccccc12. The quantitative estimate of drug-likeness (QED) is 0.146. The number of imide groups is 1. The summed E-state index contributed by atoms with van der Waals surface area (Å²) in [5.41, 5.74) is 2.69. The van der Waals surface area contributed by atoms with Crippen LogP contribution in [0, 0.1) is 3.57 Å². The third kappa shape index (κ3) is 5.71. The molecule has 186 valence electrons. The van der Waals surface area contributed by atoms with Crippen LogP contribution in [0.25, 0.3) is 16.8 Å². The summed E-state index contributed by atoms with van der Waals surface area (Å²) in [6, 6.07) is 25.7. The molecule has 0 aliphatic carbocycles. The number of fused-ring (bicyclic) bond motifs is 1. The number of hydrogen-bond acceptors (Lipinski definition) is 5. The largest absolute Gasteiger partial charge is 0.493 e. The number of ether oxygens (including phenoxy) is 2. The predicted octanol–water partition coefficient (Wildman–Crippen LogP) is 8.03. The smallest absolute Gasteiger partial charge is 0.293 e. The van der Waals surface area contributed by atoms with Crippen molar-refractivity contribution in [2.24, 2.45) is 0 Å². The molecule has 5 rings (SSSR count). The summed E-state index contributed by atoms with van der Waals surface area (Å²) in [6.45, 7) is 0.611. The Morgan fingerprint density at radius 3 is 2.54 bits per heavy atom. The van der Waals surface area contributed by atoms with E-state index in [1.807, 2.05) is 54.6 Å². The molecule has 0 bridgehead atoms. The molecule has 8 heteroatoms. The summed E-state index contributed by atoms with van der Waals surface area (Å²) in [5, 5.41) is 2.01. The van der Waals surface area contributed by atoms with Crippen LogP contribution in [0.4, 0.5) is 4.79 Å². The number of hydrogen-bond donors (Lipinski definition) is 0. The standard InChI is InChI=1S/C29H21BrINO4S/c1-35-25-14-19(15-26-28(33)32(29(34)37-26)16-18-9-11-22(31)12-10-18)13-24(30)27(25)36-17-21-7-4-6-20-5-2-3-8-23(20)21/h2-15H,16-17H2,1H3/b26-15+. The first kappa shape index (κ1) is 25.8. The van der Waals surface area contributed by atoms with Gasteiger partial charge < -0.3 is 9.47 Å². The number of rotatable bonds is 7. The summed E-state index contributed by atoms with van der Waals surface area (Å²) in [5.74, 6) is 0.790. The van der Waals surface area contributed by atoms with Gasteiger partial charge in [0.1, 0.15) is 6.61 Å². The van der Waals surface area contributed by atoms with E-state index >= 15 is 0 Å². The minimum absolute atomic E-state index is 0.243. The molecule has 37 heavy (non-hydrogen) atoms. The van der Waals surface area contributed by atoms with Crippen molar-refractivity contribution in [1.82, 2.24) is 4.90 Å². The normalized spacial score (nSPS) is 14.6. The van der Waals surface area contributed by atoms with Gasteiger partial charge in [-0.3, -0.25) is 14.5 Å². The van der Waals surface area contributed by atoms with Crippen LogP contribution >= 0.6 is 50.3 Å². The van der Waals surface area contributed by atoms with Crippen molar-refractivity contribution in [2.75, 3.05) is 7.11 Å². The monoisotopic (exact) mass is 685 g/mol. The highest BCUT2D eigenvalue weighted by molar-refractivity contribution is 14.1. The molecule has 0 spiro atoms. The number of carbonyl (C=O) groups excluding carboxylic acids is 2. The van der Waals surface area contributed by atoms with Gasteiger partial charge in [0.25, 0.3) is 11.1 Å². The van der Waals surface area contributed by atoms with Crippen molar-refractivity contribution in [3.05, 3.63) is 109 Å². The Bertz CT molecular complexity index is 1530. The molecule has 2 amide bonds. The van der Waals surface area contributed by atoms with Gasteiger partial charge in [-0.1, -0.05) is 54.6 Å². The van der Waals surface area contributed by atoms with Crippen LogP contribution in [0.2, 0.25) is 0 Å². The van der Waals surface area contributed by atoms with Crippen LogP contribution in [0.15, 0.2) is 88.2 Å². The summed E-state index contributed by atoms with van der Waals surface area (Å²) < 4.78 is 13.6.